The average molecular weight is 375 g/mol. The molecule has 1 aromatic carbocycles. The van der Waals surface area contributed by atoms with Gasteiger partial charge in [-0.05, 0) is 23.8 Å². The van der Waals surface area contributed by atoms with Gasteiger partial charge in [-0.15, -0.1) is 15.0 Å². The summed E-state index contributed by atoms with van der Waals surface area (Å²) in [6, 6.07) is 9.33. The fraction of sp³-hybridized carbons (Fsp3) is 0.222. The number of tetrazole rings is 1. The van der Waals surface area contributed by atoms with Crippen LogP contribution in [0, 0.1) is 0 Å². The van der Waals surface area contributed by atoms with Crippen LogP contribution in [0.4, 0.5) is 5.82 Å². The van der Waals surface area contributed by atoms with Crippen LogP contribution in [0.1, 0.15) is 17.0 Å². The molecule has 0 spiro atoms. The van der Waals surface area contributed by atoms with E-state index in [1.165, 1.54) is 4.80 Å². The van der Waals surface area contributed by atoms with Crippen LogP contribution in [0.25, 0.3) is 11.3 Å². The van der Waals surface area contributed by atoms with E-state index in [4.69, 9.17) is 0 Å². The van der Waals surface area contributed by atoms with Crippen LogP contribution in [-0.4, -0.2) is 59.6 Å². The molecule has 0 saturated carbocycles. The zero-order chi connectivity index (χ0) is 18.9. The number of nitrogens with zero attached hydrogens (tertiary/aromatic N) is 8. The van der Waals surface area contributed by atoms with Crippen LogP contribution in [0.5, 0.6) is 0 Å². The first-order valence-corrected chi connectivity index (χ1v) is 8.97. The molecule has 0 aliphatic carbocycles. The smallest absolute Gasteiger partial charge is 0.293 e. The van der Waals surface area contributed by atoms with Crippen molar-refractivity contribution in [1.29, 1.82) is 0 Å². The lowest BCUT2D eigenvalue weighted by molar-refractivity contribution is 0.0929. The lowest BCUT2D eigenvalue weighted by atomic mass is 10.2. The van der Waals surface area contributed by atoms with Crippen LogP contribution < -0.4 is 10.2 Å². The number of carbonyl (C=O) groups excluding carboxylic acids is 1. The molecule has 4 aromatic rings. The number of aromatic nitrogens is 7. The second-order valence-electron chi connectivity index (χ2n) is 6.55. The van der Waals surface area contributed by atoms with Gasteiger partial charge in [0, 0.05) is 43.9 Å². The lowest BCUT2D eigenvalue weighted by Crippen LogP contribution is -2.37. The van der Waals surface area contributed by atoms with E-state index in [1.54, 1.807) is 12.4 Å². The molecule has 0 radical (unpaired) electrons. The number of nitrogens with one attached hydrogen (secondary N) is 1. The fourth-order valence-corrected chi connectivity index (χ4v) is 3.36. The highest BCUT2D eigenvalue weighted by atomic mass is 16.2. The fourth-order valence-electron chi connectivity index (χ4n) is 3.36. The van der Waals surface area contributed by atoms with Crippen molar-refractivity contribution in [2.24, 2.45) is 0 Å². The largest absolute Gasteiger partial charge is 0.351 e. The molecule has 5 rings (SSSR count). The third-order valence-corrected chi connectivity index (χ3v) is 4.72. The van der Waals surface area contributed by atoms with Gasteiger partial charge in [-0.3, -0.25) is 4.79 Å². The number of fused-ring (bicyclic) bond motifs is 1. The quantitative estimate of drug-likeness (QED) is 0.560. The molecule has 1 saturated heterocycles. The van der Waals surface area contributed by atoms with Crippen molar-refractivity contribution in [2.45, 2.75) is 12.5 Å². The molecule has 1 fully saturated rings. The Hall–Kier alpha value is -3.82. The second kappa shape index (κ2) is 6.72. The summed E-state index contributed by atoms with van der Waals surface area (Å²) in [5.41, 5.74) is 1.56. The number of carbonyl (C=O) groups is 1. The number of anilines is 1. The zero-order valence-electron chi connectivity index (χ0n) is 14.9. The molecule has 0 bridgehead atoms. The van der Waals surface area contributed by atoms with Crippen LogP contribution >= 0.6 is 0 Å². The molecule has 4 heterocycles. The van der Waals surface area contributed by atoms with E-state index in [0.29, 0.717) is 6.54 Å². The Morgan fingerprint density at radius 1 is 1.11 bits per heavy atom. The van der Waals surface area contributed by atoms with Gasteiger partial charge in [-0.2, -0.15) is 0 Å². The van der Waals surface area contributed by atoms with Gasteiger partial charge < -0.3 is 14.6 Å². The van der Waals surface area contributed by atoms with Crippen molar-refractivity contribution >= 4 is 17.4 Å². The number of hydrogen-bond acceptors (Lipinski definition) is 7. The summed E-state index contributed by atoms with van der Waals surface area (Å²) < 4.78 is 1.93. The number of imidazole rings is 1. The maximum Gasteiger partial charge on any atom is 0.293 e. The Balaban J connectivity index is 1.27. The highest BCUT2D eigenvalue weighted by Crippen LogP contribution is 2.22. The maximum atomic E-state index is 12.5. The molecule has 3 aromatic heterocycles. The summed E-state index contributed by atoms with van der Waals surface area (Å²) in [5, 5.41) is 15.0. The summed E-state index contributed by atoms with van der Waals surface area (Å²) in [7, 11) is 0. The van der Waals surface area contributed by atoms with Crippen LogP contribution in [0.15, 0.2) is 55.1 Å². The Morgan fingerprint density at radius 3 is 2.79 bits per heavy atom. The molecule has 140 valence electrons. The molecule has 0 unspecified atom stereocenters. The molecule has 10 heteroatoms. The van der Waals surface area contributed by atoms with Gasteiger partial charge in [0.2, 0.25) is 0 Å². The monoisotopic (exact) mass is 375 g/mol. The standard InChI is InChI=1S/C18H17N9O/c28-18(15-22-24-27(23-15)14-4-2-1-3-5-14)21-13-6-9-26(12-13)17-16-19-7-10-25(16)11-8-20-17/h1-5,7-8,10-11,13H,6,9,12H2,(H,21,28)/t13-/m0/s1. The minimum absolute atomic E-state index is 0.0202. The molecule has 1 aliphatic heterocycles. The first-order chi connectivity index (χ1) is 13.8. The SMILES string of the molecule is O=C(N[C@H]1CCN(c2nccn3ccnc23)C1)c1nnn(-c2ccccc2)n1. The molecule has 28 heavy (non-hydrogen) atoms. The van der Waals surface area contributed by atoms with E-state index < -0.39 is 0 Å². The van der Waals surface area contributed by atoms with Crippen molar-refractivity contribution in [3.8, 4) is 5.69 Å². The third-order valence-electron chi connectivity index (χ3n) is 4.72. The minimum atomic E-state index is -0.332. The minimum Gasteiger partial charge on any atom is -0.351 e. The van der Waals surface area contributed by atoms with Gasteiger partial charge in [0.25, 0.3) is 11.7 Å². The Morgan fingerprint density at radius 2 is 1.93 bits per heavy atom. The Kier molecular flexibility index (Phi) is 3.93. The van der Waals surface area contributed by atoms with E-state index >= 15 is 0 Å². The summed E-state index contributed by atoms with van der Waals surface area (Å²) in [6.45, 7) is 1.44. The average Bonchev–Trinajstić information content (AvgIpc) is 3.48. The number of benzene rings is 1. The summed E-state index contributed by atoms with van der Waals surface area (Å²) in [5.74, 6) is 0.536. The first kappa shape index (κ1) is 16.4. The van der Waals surface area contributed by atoms with Crippen molar-refractivity contribution in [3.63, 3.8) is 0 Å². The maximum absolute atomic E-state index is 12.5. The van der Waals surface area contributed by atoms with Gasteiger partial charge in [0.15, 0.2) is 11.5 Å². The van der Waals surface area contributed by atoms with Gasteiger partial charge >= 0.3 is 0 Å². The van der Waals surface area contributed by atoms with Crippen molar-refractivity contribution in [1.82, 2.24) is 39.9 Å². The highest BCUT2D eigenvalue weighted by molar-refractivity contribution is 5.90. The molecule has 1 atom stereocenters. The second-order valence-corrected chi connectivity index (χ2v) is 6.55. The normalized spacial score (nSPS) is 16.6. The summed E-state index contributed by atoms with van der Waals surface area (Å²) >= 11 is 0. The Labute approximate surface area is 159 Å². The molecule has 1 aliphatic rings. The van der Waals surface area contributed by atoms with Crippen LogP contribution in [0.3, 0.4) is 0 Å². The predicted octanol–water partition coefficient (Wildman–Crippen LogP) is 0.714. The zero-order valence-corrected chi connectivity index (χ0v) is 14.9. The first-order valence-electron chi connectivity index (χ1n) is 8.97. The van der Waals surface area contributed by atoms with Gasteiger partial charge in [0.05, 0.1) is 5.69 Å². The Bertz CT molecular complexity index is 1120. The van der Waals surface area contributed by atoms with Crippen molar-refractivity contribution < 1.29 is 4.79 Å². The topological polar surface area (TPSA) is 106 Å². The molecular formula is C18H17N9O. The number of hydrogen-bond donors (Lipinski definition) is 1. The van der Waals surface area contributed by atoms with Gasteiger partial charge in [-0.25, -0.2) is 9.97 Å². The predicted molar refractivity (Wildman–Crippen MR) is 100 cm³/mol. The van der Waals surface area contributed by atoms with Crippen LogP contribution in [-0.2, 0) is 0 Å². The van der Waals surface area contributed by atoms with E-state index in [-0.39, 0.29) is 17.8 Å². The van der Waals surface area contributed by atoms with Crippen molar-refractivity contribution in [2.75, 3.05) is 18.0 Å². The third kappa shape index (κ3) is 2.94. The van der Waals surface area contributed by atoms with E-state index in [0.717, 1.165) is 30.1 Å². The number of amides is 1. The summed E-state index contributed by atoms with van der Waals surface area (Å²) in [6.07, 6.45) is 8.06. The molecule has 1 amide bonds. The van der Waals surface area contributed by atoms with E-state index in [9.17, 15) is 4.79 Å². The lowest BCUT2D eigenvalue weighted by Gasteiger charge is -2.18. The summed E-state index contributed by atoms with van der Waals surface area (Å²) in [4.78, 5) is 24.8. The molecular weight excluding hydrogens is 358 g/mol. The number of rotatable bonds is 4. The molecule has 10 nitrogen and oxygen atoms in total. The van der Waals surface area contributed by atoms with Gasteiger partial charge in [0.1, 0.15) is 0 Å². The number of para-hydroxylation sites is 1. The molecule has 1 N–H and O–H groups in total. The van der Waals surface area contributed by atoms with E-state index in [1.807, 2.05) is 47.1 Å². The highest BCUT2D eigenvalue weighted by Gasteiger charge is 2.28. The van der Waals surface area contributed by atoms with Crippen molar-refractivity contribution in [3.05, 3.63) is 60.9 Å². The van der Waals surface area contributed by atoms with Crippen LogP contribution in [0.2, 0.25) is 0 Å². The van der Waals surface area contributed by atoms with Gasteiger partial charge in [-0.1, -0.05) is 18.2 Å². The van der Waals surface area contributed by atoms with E-state index in [2.05, 4.69) is 35.6 Å².